The van der Waals surface area contributed by atoms with Crippen LogP contribution in [0.2, 0.25) is 0 Å². The average Bonchev–Trinajstić information content (AvgIpc) is 3.17. The SMILES string of the molecule is CC(C)(C)OC(=O)N1CCC(C(=O)N2C(C(=O)O)CC3CCCCC32)C1. The summed E-state index contributed by atoms with van der Waals surface area (Å²) in [5.74, 6) is -1.03. The number of carboxylic acid groups (broad SMARTS) is 1. The lowest BCUT2D eigenvalue weighted by molar-refractivity contribution is -0.151. The first-order chi connectivity index (χ1) is 12.2. The summed E-state index contributed by atoms with van der Waals surface area (Å²) in [4.78, 5) is 40.3. The predicted octanol–water partition coefficient (Wildman–Crippen LogP) is 2.49. The molecule has 0 aromatic carbocycles. The van der Waals surface area contributed by atoms with Crippen molar-refractivity contribution in [2.24, 2.45) is 11.8 Å². The molecule has 1 aliphatic carbocycles. The van der Waals surface area contributed by atoms with Crippen LogP contribution >= 0.6 is 0 Å². The fourth-order valence-electron chi connectivity index (χ4n) is 4.66. The molecule has 3 rings (SSSR count). The Morgan fingerprint density at radius 2 is 1.77 bits per heavy atom. The van der Waals surface area contributed by atoms with Gasteiger partial charge in [-0.25, -0.2) is 9.59 Å². The Hall–Kier alpha value is -1.79. The third-order valence-electron chi connectivity index (χ3n) is 5.82. The Kier molecular flexibility index (Phi) is 5.17. The molecular formula is C19H30N2O5. The second-order valence-corrected chi connectivity index (χ2v) is 8.86. The summed E-state index contributed by atoms with van der Waals surface area (Å²) in [6.07, 6.45) is 4.79. The van der Waals surface area contributed by atoms with Crippen LogP contribution in [0.25, 0.3) is 0 Å². The van der Waals surface area contributed by atoms with E-state index < -0.39 is 23.7 Å². The number of nitrogens with zero attached hydrogens (tertiary/aromatic N) is 2. The summed E-state index contributed by atoms with van der Waals surface area (Å²) >= 11 is 0. The third kappa shape index (κ3) is 3.81. The van der Waals surface area contributed by atoms with E-state index >= 15 is 0 Å². The molecule has 0 aromatic rings. The molecule has 0 radical (unpaired) electrons. The van der Waals surface area contributed by atoms with Crippen LogP contribution in [-0.4, -0.2) is 63.7 Å². The topological polar surface area (TPSA) is 87.2 Å². The van der Waals surface area contributed by atoms with Gasteiger partial charge in [-0.2, -0.15) is 0 Å². The fourth-order valence-corrected chi connectivity index (χ4v) is 4.66. The van der Waals surface area contributed by atoms with Gasteiger partial charge in [-0.05, 0) is 52.4 Å². The monoisotopic (exact) mass is 366 g/mol. The number of rotatable bonds is 2. The molecule has 0 aromatic heterocycles. The van der Waals surface area contributed by atoms with Crippen LogP contribution in [0.5, 0.6) is 0 Å². The Morgan fingerprint density at radius 1 is 1.08 bits per heavy atom. The van der Waals surface area contributed by atoms with Crippen molar-refractivity contribution in [3.05, 3.63) is 0 Å². The maximum atomic E-state index is 13.2. The lowest BCUT2D eigenvalue weighted by atomic mass is 9.84. The number of fused-ring (bicyclic) bond motifs is 1. The quantitative estimate of drug-likeness (QED) is 0.811. The van der Waals surface area contributed by atoms with Crippen LogP contribution in [0.15, 0.2) is 0 Å². The van der Waals surface area contributed by atoms with Crippen LogP contribution in [0.4, 0.5) is 4.79 Å². The van der Waals surface area contributed by atoms with E-state index in [4.69, 9.17) is 4.74 Å². The number of aliphatic carboxylic acids is 1. The third-order valence-corrected chi connectivity index (χ3v) is 5.82. The molecule has 0 spiro atoms. The molecule has 2 aliphatic heterocycles. The van der Waals surface area contributed by atoms with Crippen molar-refractivity contribution in [3.8, 4) is 0 Å². The summed E-state index contributed by atoms with van der Waals surface area (Å²) in [5.41, 5.74) is -0.572. The number of carboxylic acids is 1. The number of ether oxygens (including phenoxy) is 1. The van der Waals surface area contributed by atoms with E-state index in [2.05, 4.69) is 0 Å². The maximum Gasteiger partial charge on any atom is 0.410 e. The highest BCUT2D eigenvalue weighted by Gasteiger charge is 2.49. The standard InChI is InChI=1S/C19H30N2O5/c1-19(2,3)26-18(25)20-9-8-13(11-20)16(22)21-14-7-5-4-6-12(14)10-15(21)17(23)24/h12-15H,4-11H2,1-3H3,(H,23,24). The minimum Gasteiger partial charge on any atom is -0.480 e. The van der Waals surface area contributed by atoms with Gasteiger partial charge in [0.25, 0.3) is 0 Å². The van der Waals surface area contributed by atoms with Crippen LogP contribution in [0, 0.1) is 11.8 Å². The maximum absolute atomic E-state index is 13.2. The molecule has 2 heterocycles. The van der Waals surface area contributed by atoms with Gasteiger partial charge < -0.3 is 19.6 Å². The molecule has 2 amide bonds. The highest BCUT2D eigenvalue weighted by molar-refractivity contribution is 5.87. The molecule has 4 atom stereocenters. The minimum absolute atomic E-state index is 0.0490. The molecule has 3 fully saturated rings. The number of amides is 2. The molecule has 4 unspecified atom stereocenters. The van der Waals surface area contributed by atoms with Gasteiger partial charge in [-0.15, -0.1) is 0 Å². The van der Waals surface area contributed by atoms with E-state index in [1.165, 1.54) is 0 Å². The van der Waals surface area contributed by atoms with Crippen LogP contribution in [-0.2, 0) is 14.3 Å². The molecule has 1 saturated carbocycles. The molecule has 3 aliphatic rings. The van der Waals surface area contributed by atoms with Crippen molar-refractivity contribution in [1.29, 1.82) is 0 Å². The lowest BCUT2D eigenvalue weighted by Gasteiger charge is -2.34. The Balaban J connectivity index is 1.68. The second-order valence-electron chi connectivity index (χ2n) is 8.86. The number of carbonyl (C=O) groups excluding carboxylic acids is 2. The van der Waals surface area contributed by atoms with Crippen molar-refractivity contribution in [2.45, 2.75) is 77.0 Å². The van der Waals surface area contributed by atoms with Gasteiger partial charge in [0.05, 0.1) is 5.92 Å². The van der Waals surface area contributed by atoms with E-state index in [9.17, 15) is 19.5 Å². The lowest BCUT2D eigenvalue weighted by Crippen LogP contribution is -2.49. The summed E-state index contributed by atoms with van der Waals surface area (Å²) < 4.78 is 5.39. The van der Waals surface area contributed by atoms with Crippen LogP contribution in [0.3, 0.4) is 0 Å². The zero-order chi connectivity index (χ0) is 19.1. The van der Waals surface area contributed by atoms with Gasteiger partial charge in [0, 0.05) is 19.1 Å². The highest BCUT2D eigenvalue weighted by Crippen LogP contribution is 2.41. The molecule has 7 heteroatoms. The van der Waals surface area contributed by atoms with Crippen molar-refractivity contribution in [1.82, 2.24) is 9.80 Å². The zero-order valence-electron chi connectivity index (χ0n) is 15.9. The number of likely N-dealkylation sites (tertiary alicyclic amines) is 2. The molecule has 0 bridgehead atoms. The normalized spacial score (nSPS) is 31.7. The fraction of sp³-hybridized carbons (Fsp3) is 0.842. The van der Waals surface area contributed by atoms with Crippen LogP contribution < -0.4 is 0 Å². The first-order valence-corrected chi connectivity index (χ1v) is 9.70. The first-order valence-electron chi connectivity index (χ1n) is 9.70. The zero-order valence-corrected chi connectivity index (χ0v) is 15.9. The van der Waals surface area contributed by atoms with Crippen molar-refractivity contribution < 1.29 is 24.2 Å². The molecule has 26 heavy (non-hydrogen) atoms. The van der Waals surface area contributed by atoms with Crippen molar-refractivity contribution in [2.75, 3.05) is 13.1 Å². The summed E-state index contributed by atoms with van der Waals surface area (Å²) in [6, 6.07) is -0.667. The van der Waals surface area contributed by atoms with Gasteiger partial charge in [-0.3, -0.25) is 4.79 Å². The summed E-state index contributed by atoms with van der Waals surface area (Å²) in [6.45, 7) is 6.23. The summed E-state index contributed by atoms with van der Waals surface area (Å²) in [7, 11) is 0. The Bertz CT molecular complexity index is 585. The van der Waals surface area contributed by atoms with Gasteiger partial charge >= 0.3 is 12.1 Å². The van der Waals surface area contributed by atoms with Gasteiger partial charge in [0.2, 0.25) is 5.91 Å². The highest BCUT2D eigenvalue weighted by atomic mass is 16.6. The van der Waals surface area contributed by atoms with Gasteiger partial charge in [0.1, 0.15) is 11.6 Å². The van der Waals surface area contributed by atoms with Crippen molar-refractivity contribution >= 4 is 18.0 Å². The Morgan fingerprint density at radius 3 is 2.42 bits per heavy atom. The second kappa shape index (κ2) is 7.08. The number of hydrogen-bond acceptors (Lipinski definition) is 4. The van der Waals surface area contributed by atoms with Gasteiger partial charge in [0.15, 0.2) is 0 Å². The molecule has 2 saturated heterocycles. The van der Waals surface area contributed by atoms with Gasteiger partial charge in [-0.1, -0.05) is 12.8 Å². The minimum atomic E-state index is -0.908. The molecular weight excluding hydrogens is 336 g/mol. The van der Waals surface area contributed by atoms with Crippen molar-refractivity contribution in [3.63, 3.8) is 0 Å². The number of carbonyl (C=O) groups is 3. The molecule has 146 valence electrons. The predicted molar refractivity (Wildman–Crippen MR) is 94.5 cm³/mol. The van der Waals surface area contributed by atoms with Crippen LogP contribution in [0.1, 0.15) is 59.3 Å². The van der Waals surface area contributed by atoms with E-state index in [1.807, 2.05) is 20.8 Å². The average molecular weight is 366 g/mol. The van der Waals surface area contributed by atoms with E-state index in [0.29, 0.717) is 31.8 Å². The van der Waals surface area contributed by atoms with E-state index in [-0.39, 0.29) is 17.9 Å². The summed E-state index contributed by atoms with van der Waals surface area (Å²) in [5, 5.41) is 9.61. The van der Waals surface area contributed by atoms with E-state index in [0.717, 1.165) is 25.7 Å². The number of hydrogen-bond donors (Lipinski definition) is 1. The largest absolute Gasteiger partial charge is 0.480 e. The smallest absolute Gasteiger partial charge is 0.410 e. The molecule has 1 N–H and O–H groups in total. The Labute approximate surface area is 154 Å². The first kappa shape index (κ1) is 19.0. The van der Waals surface area contributed by atoms with E-state index in [1.54, 1.807) is 9.80 Å². The molecule has 7 nitrogen and oxygen atoms in total.